The van der Waals surface area contributed by atoms with Gasteiger partial charge in [0.15, 0.2) is 11.5 Å². The van der Waals surface area contributed by atoms with Crippen LogP contribution in [0.3, 0.4) is 0 Å². The van der Waals surface area contributed by atoms with Crippen molar-refractivity contribution in [1.29, 1.82) is 0 Å². The summed E-state index contributed by atoms with van der Waals surface area (Å²) in [4.78, 5) is 13.6. The lowest BCUT2D eigenvalue weighted by atomic mass is 9.95. The molecule has 2 fully saturated rings. The zero-order valence-electron chi connectivity index (χ0n) is 13.3. The molecule has 0 atom stereocenters. The van der Waals surface area contributed by atoms with Gasteiger partial charge in [-0.15, -0.1) is 0 Å². The van der Waals surface area contributed by atoms with E-state index >= 15 is 0 Å². The van der Waals surface area contributed by atoms with Gasteiger partial charge in [-0.25, -0.2) is 13.6 Å². The number of urea groups is 1. The van der Waals surface area contributed by atoms with Gasteiger partial charge in [-0.1, -0.05) is 6.07 Å². The largest absolute Gasteiger partial charge is 0.454 e. The van der Waals surface area contributed by atoms with Crippen LogP contribution in [0.4, 0.5) is 13.6 Å². The summed E-state index contributed by atoms with van der Waals surface area (Å²) in [5, 5.41) is 2.86. The predicted octanol–water partition coefficient (Wildman–Crippen LogP) is 2.89. The highest BCUT2D eigenvalue weighted by Gasteiger charge is 2.45. The maximum atomic E-state index is 12.7. The summed E-state index contributed by atoms with van der Waals surface area (Å²) in [5.41, 5.74) is 0.982. The van der Waals surface area contributed by atoms with Gasteiger partial charge in [0, 0.05) is 18.0 Å². The summed E-state index contributed by atoms with van der Waals surface area (Å²) < 4.78 is 36.1. The highest BCUT2D eigenvalue weighted by Crippen LogP contribution is 2.50. The van der Waals surface area contributed by atoms with Gasteiger partial charge in [-0.3, -0.25) is 0 Å². The van der Waals surface area contributed by atoms with Crippen molar-refractivity contribution in [3.8, 4) is 11.5 Å². The average Bonchev–Trinajstić information content (AvgIpc) is 3.48. The molecule has 0 aromatic heterocycles. The number of rotatable bonds is 6. The van der Waals surface area contributed by atoms with Crippen molar-refractivity contribution in [2.45, 2.75) is 43.6 Å². The van der Waals surface area contributed by atoms with Crippen LogP contribution in [-0.4, -0.2) is 43.3 Å². The van der Waals surface area contributed by atoms with Crippen molar-refractivity contribution in [3.63, 3.8) is 0 Å². The molecule has 1 aromatic carbocycles. The van der Waals surface area contributed by atoms with Crippen molar-refractivity contribution >= 4 is 6.03 Å². The molecule has 3 aliphatic rings. The third-order valence-electron chi connectivity index (χ3n) is 5.00. The van der Waals surface area contributed by atoms with Crippen LogP contribution in [0, 0.1) is 0 Å². The second kappa shape index (κ2) is 5.79. The smallest absolute Gasteiger partial charge is 0.317 e. The zero-order valence-corrected chi connectivity index (χ0v) is 13.3. The number of halogens is 2. The number of carbonyl (C=O) groups is 1. The SMILES string of the molecule is O=C(NCC1(c2ccc3c(c2)OCO3)CC1)N(CC(F)F)C1CC1. The van der Waals surface area contributed by atoms with Crippen LogP contribution in [0.2, 0.25) is 0 Å². The van der Waals surface area contributed by atoms with Crippen LogP contribution >= 0.6 is 0 Å². The maximum absolute atomic E-state index is 12.7. The van der Waals surface area contributed by atoms with E-state index in [1.165, 1.54) is 4.90 Å². The molecule has 1 aromatic rings. The molecule has 0 spiro atoms. The van der Waals surface area contributed by atoms with Crippen LogP contribution < -0.4 is 14.8 Å². The number of benzene rings is 1. The summed E-state index contributed by atoms with van der Waals surface area (Å²) in [5.74, 6) is 1.46. The quantitative estimate of drug-likeness (QED) is 0.868. The molecule has 1 aliphatic heterocycles. The van der Waals surface area contributed by atoms with E-state index in [1.807, 2.05) is 18.2 Å². The lowest BCUT2D eigenvalue weighted by Gasteiger charge is -2.24. The number of alkyl halides is 2. The normalized spacial score (nSPS) is 20.1. The van der Waals surface area contributed by atoms with E-state index in [9.17, 15) is 13.6 Å². The number of amides is 2. The Hall–Kier alpha value is -2.05. The van der Waals surface area contributed by atoms with Gasteiger partial charge in [0.05, 0.1) is 6.54 Å². The Bertz CT molecular complexity index is 645. The van der Waals surface area contributed by atoms with Crippen molar-refractivity contribution in [2.75, 3.05) is 19.9 Å². The first-order valence-corrected chi connectivity index (χ1v) is 8.30. The van der Waals surface area contributed by atoms with E-state index < -0.39 is 13.0 Å². The van der Waals surface area contributed by atoms with Crippen molar-refractivity contribution in [1.82, 2.24) is 10.2 Å². The van der Waals surface area contributed by atoms with Crippen LogP contribution in [0.1, 0.15) is 31.2 Å². The fraction of sp³-hybridized carbons (Fsp3) is 0.588. The zero-order chi connectivity index (χ0) is 16.7. The summed E-state index contributed by atoms with van der Waals surface area (Å²) in [6.45, 7) is 0.192. The second-order valence-electron chi connectivity index (χ2n) is 6.78. The van der Waals surface area contributed by atoms with E-state index in [4.69, 9.17) is 9.47 Å². The molecular weight excluding hydrogens is 318 g/mol. The van der Waals surface area contributed by atoms with Crippen LogP contribution in [-0.2, 0) is 5.41 Å². The molecule has 0 bridgehead atoms. The summed E-state index contributed by atoms with van der Waals surface area (Å²) in [7, 11) is 0. The third kappa shape index (κ3) is 2.99. The standard InChI is InChI=1S/C17H20F2N2O3/c18-15(19)8-21(12-2-3-12)16(22)20-9-17(5-6-17)11-1-4-13-14(7-11)24-10-23-13/h1,4,7,12,15H,2-3,5-6,8-10H2,(H,20,22). The van der Waals surface area contributed by atoms with Gasteiger partial charge in [0.1, 0.15) is 0 Å². The first-order chi connectivity index (χ1) is 11.6. The average molecular weight is 338 g/mol. The topological polar surface area (TPSA) is 50.8 Å². The Labute approximate surface area is 138 Å². The third-order valence-corrected chi connectivity index (χ3v) is 5.00. The van der Waals surface area contributed by atoms with Gasteiger partial charge in [-0.05, 0) is 43.4 Å². The van der Waals surface area contributed by atoms with E-state index in [-0.39, 0.29) is 24.3 Å². The van der Waals surface area contributed by atoms with Crippen molar-refractivity contribution in [2.24, 2.45) is 0 Å². The minimum atomic E-state index is -2.50. The van der Waals surface area contributed by atoms with Crippen molar-refractivity contribution in [3.05, 3.63) is 23.8 Å². The van der Waals surface area contributed by atoms with Gasteiger partial charge in [0.2, 0.25) is 6.79 Å². The van der Waals surface area contributed by atoms with E-state index in [1.54, 1.807) is 0 Å². The number of hydrogen-bond donors (Lipinski definition) is 1. The van der Waals surface area contributed by atoms with E-state index in [2.05, 4.69) is 5.32 Å². The molecule has 0 radical (unpaired) electrons. The molecule has 1 heterocycles. The Morgan fingerprint density at radius 1 is 1.29 bits per heavy atom. The fourth-order valence-corrected chi connectivity index (χ4v) is 3.22. The van der Waals surface area contributed by atoms with Gasteiger partial charge < -0.3 is 19.7 Å². The number of nitrogens with zero attached hydrogens (tertiary/aromatic N) is 1. The first-order valence-electron chi connectivity index (χ1n) is 8.30. The Morgan fingerprint density at radius 3 is 2.71 bits per heavy atom. The summed E-state index contributed by atoms with van der Waals surface area (Å²) >= 11 is 0. The van der Waals surface area contributed by atoms with E-state index in [0.29, 0.717) is 6.54 Å². The lowest BCUT2D eigenvalue weighted by Crippen LogP contribution is -2.46. The highest BCUT2D eigenvalue weighted by atomic mass is 19.3. The van der Waals surface area contributed by atoms with E-state index in [0.717, 1.165) is 42.7 Å². The number of ether oxygens (including phenoxy) is 2. The van der Waals surface area contributed by atoms with Crippen molar-refractivity contribution < 1.29 is 23.0 Å². The first kappa shape index (κ1) is 15.5. The molecule has 4 rings (SSSR count). The van der Waals surface area contributed by atoms with Gasteiger partial charge >= 0.3 is 6.03 Å². The van der Waals surface area contributed by atoms with Gasteiger partial charge in [0.25, 0.3) is 6.43 Å². The Kier molecular flexibility index (Phi) is 3.73. The number of fused-ring (bicyclic) bond motifs is 1. The predicted molar refractivity (Wildman–Crippen MR) is 82.6 cm³/mol. The van der Waals surface area contributed by atoms with Crippen LogP contribution in [0.5, 0.6) is 11.5 Å². The minimum absolute atomic E-state index is 0.0281. The fourth-order valence-electron chi connectivity index (χ4n) is 3.22. The molecule has 0 saturated heterocycles. The Balaban J connectivity index is 1.40. The molecular formula is C17H20F2N2O3. The van der Waals surface area contributed by atoms with Crippen LogP contribution in [0.15, 0.2) is 18.2 Å². The molecule has 0 unspecified atom stereocenters. The molecule has 2 amide bonds. The maximum Gasteiger partial charge on any atom is 0.317 e. The number of hydrogen-bond acceptors (Lipinski definition) is 3. The molecule has 1 N–H and O–H groups in total. The van der Waals surface area contributed by atoms with Crippen LogP contribution in [0.25, 0.3) is 0 Å². The molecule has 2 saturated carbocycles. The monoisotopic (exact) mass is 338 g/mol. The second-order valence-corrected chi connectivity index (χ2v) is 6.78. The summed E-state index contributed by atoms with van der Waals surface area (Å²) in [6, 6.07) is 5.42. The molecule has 7 heteroatoms. The molecule has 130 valence electrons. The molecule has 5 nitrogen and oxygen atoms in total. The number of carbonyl (C=O) groups excluding carboxylic acids is 1. The molecule has 2 aliphatic carbocycles. The number of nitrogens with one attached hydrogen (secondary N) is 1. The Morgan fingerprint density at radius 2 is 2.04 bits per heavy atom. The minimum Gasteiger partial charge on any atom is -0.454 e. The molecule has 24 heavy (non-hydrogen) atoms. The lowest BCUT2D eigenvalue weighted by molar-refractivity contribution is 0.0953. The van der Waals surface area contributed by atoms with Gasteiger partial charge in [-0.2, -0.15) is 0 Å². The summed E-state index contributed by atoms with van der Waals surface area (Å²) in [6.07, 6.45) is 1.05. The highest BCUT2D eigenvalue weighted by molar-refractivity contribution is 5.75.